The van der Waals surface area contributed by atoms with E-state index in [2.05, 4.69) is 0 Å². The van der Waals surface area contributed by atoms with Gasteiger partial charge < -0.3 is 14.4 Å². The van der Waals surface area contributed by atoms with Crippen molar-refractivity contribution in [1.82, 2.24) is 0 Å². The van der Waals surface area contributed by atoms with E-state index in [-0.39, 0.29) is 18.7 Å². The molecule has 5 nitrogen and oxygen atoms in total. The Hall–Kier alpha value is -3.15. The predicted octanol–water partition coefficient (Wildman–Crippen LogP) is 4.34. The first-order chi connectivity index (χ1) is 14.0. The van der Waals surface area contributed by atoms with Gasteiger partial charge in [-0.2, -0.15) is 0 Å². The molecule has 0 aliphatic carbocycles. The highest BCUT2D eigenvalue weighted by atomic mass is 35.5. The zero-order chi connectivity index (χ0) is 20.4. The first-order valence-electron chi connectivity index (χ1n) is 9.10. The number of allylic oxidation sites excluding steroid dienone is 1. The normalized spacial score (nSPS) is 18.4. The topological polar surface area (TPSA) is 70.7 Å². The minimum Gasteiger partial charge on any atom is -0.465 e. The minimum absolute atomic E-state index is 0.245. The van der Waals surface area contributed by atoms with Crippen LogP contribution in [-0.4, -0.2) is 16.8 Å². The molecule has 6 heteroatoms. The Morgan fingerprint density at radius 2 is 1.97 bits per heavy atom. The minimum atomic E-state index is -1.92. The van der Waals surface area contributed by atoms with Crippen LogP contribution in [0.15, 0.2) is 77.4 Å². The number of benzene rings is 2. The molecule has 1 aromatic heterocycles. The van der Waals surface area contributed by atoms with E-state index in [1.165, 1.54) is 23.3 Å². The largest absolute Gasteiger partial charge is 0.465 e. The average Bonchev–Trinajstić information content (AvgIpc) is 3.29. The Morgan fingerprint density at radius 3 is 2.72 bits per heavy atom. The molecule has 0 radical (unpaired) electrons. The summed E-state index contributed by atoms with van der Waals surface area (Å²) in [5.41, 5.74) is -0.0803. The van der Waals surface area contributed by atoms with Gasteiger partial charge in [0.05, 0.1) is 24.9 Å². The molecular formula is C23H18ClNO4. The quantitative estimate of drug-likeness (QED) is 0.617. The second kappa shape index (κ2) is 7.70. The summed E-state index contributed by atoms with van der Waals surface area (Å²) in [7, 11) is 0. The number of fused-ring (bicyclic) bond motifs is 1. The van der Waals surface area contributed by atoms with Crippen molar-refractivity contribution in [1.29, 1.82) is 0 Å². The van der Waals surface area contributed by atoms with Crippen LogP contribution in [0.4, 0.5) is 5.69 Å². The van der Waals surface area contributed by atoms with E-state index < -0.39 is 11.5 Å². The highest BCUT2D eigenvalue weighted by molar-refractivity contribution is 6.30. The van der Waals surface area contributed by atoms with Gasteiger partial charge in [-0.3, -0.25) is 9.59 Å². The lowest BCUT2D eigenvalue weighted by molar-refractivity contribution is -0.140. The van der Waals surface area contributed by atoms with Crippen LogP contribution in [0.3, 0.4) is 0 Å². The van der Waals surface area contributed by atoms with E-state index in [1.807, 2.05) is 6.07 Å². The van der Waals surface area contributed by atoms with Crippen LogP contribution in [0.2, 0.25) is 5.02 Å². The standard InChI is InChI=1S/C23H18ClNO4/c24-17-6-3-5-16(13-17)15-25-21-9-2-1-8-20(21)23(28,22(25)27)14-18(26)10-11-19-7-4-12-29-19/h1-13,28H,14-15H2/b11-10+/t23-/m0/s1. The summed E-state index contributed by atoms with van der Waals surface area (Å²) in [4.78, 5) is 27.2. The second-order valence-corrected chi connectivity index (χ2v) is 7.33. The molecule has 3 aromatic rings. The molecule has 1 aliphatic rings. The summed E-state index contributed by atoms with van der Waals surface area (Å²) in [6.45, 7) is 0.245. The van der Waals surface area contributed by atoms with Crippen molar-refractivity contribution < 1.29 is 19.1 Å². The van der Waals surface area contributed by atoms with Gasteiger partial charge in [0, 0.05) is 10.6 Å². The van der Waals surface area contributed by atoms with Gasteiger partial charge in [-0.05, 0) is 48.0 Å². The molecule has 146 valence electrons. The summed E-state index contributed by atoms with van der Waals surface area (Å²) >= 11 is 6.06. The van der Waals surface area contributed by atoms with Gasteiger partial charge in [0.2, 0.25) is 0 Å². The highest BCUT2D eigenvalue weighted by Gasteiger charge is 2.50. The number of aliphatic hydroxyl groups is 1. The fourth-order valence-electron chi connectivity index (χ4n) is 3.52. The summed E-state index contributed by atoms with van der Waals surface area (Å²) in [6, 6.07) is 17.6. The van der Waals surface area contributed by atoms with Gasteiger partial charge in [-0.25, -0.2) is 0 Å². The molecule has 29 heavy (non-hydrogen) atoms. The van der Waals surface area contributed by atoms with Crippen LogP contribution in [0.1, 0.15) is 23.3 Å². The van der Waals surface area contributed by atoms with Crippen LogP contribution >= 0.6 is 11.6 Å². The van der Waals surface area contributed by atoms with Gasteiger partial charge in [-0.1, -0.05) is 41.9 Å². The van der Waals surface area contributed by atoms with Crippen molar-refractivity contribution in [2.75, 3.05) is 4.90 Å². The number of hydrogen-bond acceptors (Lipinski definition) is 4. The van der Waals surface area contributed by atoms with Gasteiger partial charge in [0.25, 0.3) is 5.91 Å². The number of carbonyl (C=O) groups excluding carboxylic acids is 2. The molecule has 0 spiro atoms. The molecule has 0 saturated carbocycles. The Morgan fingerprint density at radius 1 is 1.14 bits per heavy atom. The first kappa shape index (κ1) is 19.2. The van der Waals surface area contributed by atoms with E-state index >= 15 is 0 Å². The molecule has 0 fully saturated rings. The summed E-state index contributed by atoms with van der Waals surface area (Å²) < 4.78 is 5.16. The molecule has 4 rings (SSSR count). The third-order valence-electron chi connectivity index (χ3n) is 4.88. The lowest BCUT2D eigenvalue weighted by Crippen LogP contribution is -2.41. The molecular weight excluding hydrogens is 390 g/mol. The number of hydrogen-bond donors (Lipinski definition) is 1. The Balaban J connectivity index is 1.61. The zero-order valence-corrected chi connectivity index (χ0v) is 16.2. The smallest absolute Gasteiger partial charge is 0.264 e. The third-order valence-corrected chi connectivity index (χ3v) is 5.11. The Labute approximate surface area is 172 Å². The molecule has 0 saturated heterocycles. The number of anilines is 1. The van der Waals surface area contributed by atoms with Crippen LogP contribution in [0.5, 0.6) is 0 Å². The van der Waals surface area contributed by atoms with Crippen LogP contribution in [0.25, 0.3) is 6.08 Å². The lowest BCUT2D eigenvalue weighted by Gasteiger charge is -2.22. The van der Waals surface area contributed by atoms with Crippen molar-refractivity contribution in [3.05, 3.63) is 94.9 Å². The number of halogens is 1. The monoisotopic (exact) mass is 407 g/mol. The molecule has 2 heterocycles. The number of furan rings is 1. The Bertz CT molecular complexity index is 1090. The van der Waals surface area contributed by atoms with E-state index in [9.17, 15) is 14.7 Å². The summed E-state index contributed by atoms with van der Waals surface area (Å²) in [5, 5.41) is 11.8. The third kappa shape index (κ3) is 3.75. The Kier molecular flexibility index (Phi) is 5.09. The van der Waals surface area contributed by atoms with E-state index in [0.717, 1.165) is 5.56 Å². The molecule has 1 amide bonds. The zero-order valence-electron chi connectivity index (χ0n) is 15.4. The number of amides is 1. The number of para-hydroxylation sites is 1. The lowest BCUT2D eigenvalue weighted by atomic mass is 9.90. The van der Waals surface area contributed by atoms with Crippen LogP contribution < -0.4 is 4.90 Å². The van der Waals surface area contributed by atoms with Crippen molar-refractivity contribution in [3.8, 4) is 0 Å². The SMILES string of the molecule is O=C(/C=C/c1ccco1)C[C@@]1(O)C(=O)N(Cc2cccc(Cl)c2)c2ccccc21. The molecule has 1 N–H and O–H groups in total. The van der Waals surface area contributed by atoms with E-state index in [4.69, 9.17) is 16.0 Å². The van der Waals surface area contributed by atoms with Crippen molar-refractivity contribution in [2.45, 2.75) is 18.6 Å². The molecule has 0 bridgehead atoms. The summed E-state index contributed by atoms with van der Waals surface area (Å²) in [5.74, 6) is -0.388. The van der Waals surface area contributed by atoms with Crippen molar-refractivity contribution in [3.63, 3.8) is 0 Å². The van der Waals surface area contributed by atoms with Crippen LogP contribution in [-0.2, 0) is 21.7 Å². The fraction of sp³-hybridized carbons (Fsp3) is 0.130. The van der Waals surface area contributed by atoms with Crippen molar-refractivity contribution in [2.24, 2.45) is 0 Å². The number of rotatable bonds is 6. The number of ketones is 1. The molecule has 1 atom stereocenters. The van der Waals surface area contributed by atoms with Gasteiger partial charge in [0.15, 0.2) is 11.4 Å². The fourth-order valence-corrected chi connectivity index (χ4v) is 3.74. The highest BCUT2D eigenvalue weighted by Crippen LogP contribution is 2.43. The average molecular weight is 408 g/mol. The van der Waals surface area contributed by atoms with E-state index in [0.29, 0.717) is 22.0 Å². The second-order valence-electron chi connectivity index (χ2n) is 6.89. The summed E-state index contributed by atoms with van der Waals surface area (Å²) in [6.07, 6.45) is 3.97. The maximum Gasteiger partial charge on any atom is 0.264 e. The van der Waals surface area contributed by atoms with Gasteiger partial charge >= 0.3 is 0 Å². The molecule has 0 unspecified atom stereocenters. The van der Waals surface area contributed by atoms with Crippen LogP contribution in [0, 0.1) is 0 Å². The van der Waals surface area contributed by atoms with Gasteiger partial charge in [0.1, 0.15) is 5.76 Å². The predicted molar refractivity (Wildman–Crippen MR) is 110 cm³/mol. The molecule has 2 aromatic carbocycles. The van der Waals surface area contributed by atoms with E-state index in [1.54, 1.807) is 54.6 Å². The molecule has 1 aliphatic heterocycles. The van der Waals surface area contributed by atoms with Crippen molar-refractivity contribution >= 4 is 35.1 Å². The first-order valence-corrected chi connectivity index (χ1v) is 9.48. The maximum absolute atomic E-state index is 13.2. The van der Waals surface area contributed by atoms with Gasteiger partial charge in [-0.15, -0.1) is 0 Å². The maximum atomic E-state index is 13.2. The number of carbonyl (C=O) groups is 2. The number of nitrogens with zero attached hydrogens (tertiary/aromatic N) is 1.